The minimum Gasteiger partial charge on any atom is -0.497 e. The van der Waals surface area contributed by atoms with E-state index in [1.807, 2.05) is 32.3 Å². The average molecular weight is 446 g/mol. The maximum absolute atomic E-state index is 12.6. The fourth-order valence-corrected chi connectivity index (χ4v) is 4.19. The number of hydrogen-bond acceptors (Lipinski definition) is 5. The Morgan fingerprint density at radius 1 is 1.03 bits per heavy atom. The Labute approximate surface area is 195 Å². The van der Waals surface area contributed by atoms with Crippen molar-refractivity contribution < 1.29 is 14.3 Å². The number of nitrogens with one attached hydrogen (secondary N) is 1. The van der Waals surface area contributed by atoms with E-state index in [1.165, 1.54) is 16.8 Å². The second kappa shape index (κ2) is 10.3. The van der Waals surface area contributed by atoms with Crippen LogP contribution in [-0.2, 0) is 11.2 Å². The molecular formula is C27H31N3O3. The summed E-state index contributed by atoms with van der Waals surface area (Å²) in [6.45, 7) is 1.38. The molecular weight excluding hydrogens is 414 g/mol. The average Bonchev–Trinajstić information content (AvgIpc) is 3.27. The highest BCUT2D eigenvalue weighted by molar-refractivity contribution is 5.77. The van der Waals surface area contributed by atoms with Crippen molar-refractivity contribution in [2.75, 3.05) is 50.7 Å². The first-order chi connectivity index (χ1) is 16.0. The first-order valence-corrected chi connectivity index (χ1v) is 11.2. The van der Waals surface area contributed by atoms with Gasteiger partial charge in [0.25, 0.3) is 5.91 Å². The Balaban J connectivity index is 1.46. The summed E-state index contributed by atoms with van der Waals surface area (Å²) >= 11 is 0. The van der Waals surface area contributed by atoms with Crippen LogP contribution in [0, 0.1) is 0 Å². The van der Waals surface area contributed by atoms with Crippen molar-refractivity contribution in [3.63, 3.8) is 0 Å². The summed E-state index contributed by atoms with van der Waals surface area (Å²) < 4.78 is 10.9. The normalized spacial score (nSPS) is 13.2. The number of carbonyl (C=O) groups is 1. The molecule has 1 N–H and O–H groups in total. The fraction of sp³-hybridized carbons (Fsp3) is 0.296. The first kappa shape index (κ1) is 22.5. The molecule has 0 saturated carbocycles. The van der Waals surface area contributed by atoms with Gasteiger partial charge in [0.2, 0.25) is 0 Å². The second-order valence-electron chi connectivity index (χ2n) is 8.35. The van der Waals surface area contributed by atoms with E-state index in [9.17, 15) is 4.79 Å². The van der Waals surface area contributed by atoms with E-state index in [4.69, 9.17) is 9.47 Å². The standard InChI is InChI=1S/C27H31N3O3/c1-29(2)22-13-11-21(12-14-22)26(30-16-15-20-7-4-5-10-25(20)30)18-28-27(31)19-33-24-9-6-8-23(17-24)32-3/h4-14,17,26H,15-16,18-19H2,1-3H3,(H,28,31)/t26-/m0/s1. The summed E-state index contributed by atoms with van der Waals surface area (Å²) in [5.74, 6) is 1.15. The van der Waals surface area contributed by atoms with Gasteiger partial charge in [-0.05, 0) is 47.9 Å². The highest BCUT2D eigenvalue weighted by Gasteiger charge is 2.27. The van der Waals surface area contributed by atoms with Crippen LogP contribution in [0.25, 0.3) is 0 Å². The molecule has 3 aromatic carbocycles. The molecule has 0 bridgehead atoms. The lowest BCUT2D eigenvalue weighted by Crippen LogP contribution is -2.39. The number of benzene rings is 3. The highest BCUT2D eigenvalue weighted by Crippen LogP contribution is 2.35. The minimum absolute atomic E-state index is 0.0330. The largest absolute Gasteiger partial charge is 0.497 e. The third-order valence-corrected chi connectivity index (χ3v) is 6.00. The van der Waals surface area contributed by atoms with Crippen LogP contribution in [0.4, 0.5) is 11.4 Å². The molecule has 1 aliphatic heterocycles. The Morgan fingerprint density at radius 2 is 1.79 bits per heavy atom. The topological polar surface area (TPSA) is 54.0 Å². The third-order valence-electron chi connectivity index (χ3n) is 6.00. The summed E-state index contributed by atoms with van der Waals surface area (Å²) in [6, 6.07) is 24.3. The summed E-state index contributed by atoms with van der Waals surface area (Å²) in [7, 11) is 5.67. The van der Waals surface area contributed by atoms with Crippen molar-refractivity contribution in [2.45, 2.75) is 12.5 Å². The number of nitrogens with zero attached hydrogens (tertiary/aromatic N) is 2. The highest BCUT2D eigenvalue weighted by atomic mass is 16.5. The first-order valence-electron chi connectivity index (χ1n) is 11.2. The zero-order chi connectivity index (χ0) is 23.2. The molecule has 0 fully saturated rings. The van der Waals surface area contributed by atoms with Gasteiger partial charge in [-0.2, -0.15) is 0 Å². The predicted molar refractivity (Wildman–Crippen MR) is 133 cm³/mol. The van der Waals surface area contributed by atoms with Crippen molar-refractivity contribution >= 4 is 17.3 Å². The number of rotatable bonds is 9. The van der Waals surface area contributed by atoms with Crippen molar-refractivity contribution in [1.82, 2.24) is 5.32 Å². The molecule has 1 heterocycles. The van der Waals surface area contributed by atoms with Crippen molar-refractivity contribution in [1.29, 1.82) is 0 Å². The number of carbonyl (C=O) groups excluding carboxylic acids is 1. The van der Waals surface area contributed by atoms with E-state index in [-0.39, 0.29) is 18.6 Å². The van der Waals surface area contributed by atoms with Crippen LogP contribution in [0.3, 0.4) is 0 Å². The van der Waals surface area contributed by atoms with Gasteiger partial charge in [0.1, 0.15) is 11.5 Å². The van der Waals surface area contributed by atoms with Crippen LogP contribution in [0.15, 0.2) is 72.8 Å². The molecule has 172 valence electrons. The van der Waals surface area contributed by atoms with Gasteiger partial charge >= 0.3 is 0 Å². The molecule has 6 heteroatoms. The van der Waals surface area contributed by atoms with Crippen LogP contribution >= 0.6 is 0 Å². The number of fused-ring (bicyclic) bond motifs is 1. The number of para-hydroxylation sites is 1. The lowest BCUT2D eigenvalue weighted by atomic mass is 10.0. The van der Waals surface area contributed by atoms with E-state index in [1.54, 1.807) is 13.2 Å². The van der Waals surface area contributed by atoms with E-state index >= 15 is 0 Å². The molecule has 0 aliphatic carbocycles. The SMILES string of the molecule is COc1cccc(OCC(=O)NC[C@@H](c2ccc(N(C)C)cc2)N2CCc3ccccc32)c1. The number of hydrogen-bond donors (Lipinski definition) is 1. The quantitative estimate of drug-likeness (QED) is 0.538. The Bertz CT molecular complexity index is 1080. The lowest BCUT2D eigenvalue weighted by Gasteiger charge is -2.31. The number of ether oxygens (including phenoxy) is 2. The van der Waals surface area contributed by atoms with Crippen LogP contribution < -0.4 is 24.6 Å². The summed E-state index contributed by atoms with van der Waals surface area (Å²) in [5, 5.41) is 3.08. The molecule has 4 rings (SSSR count). The van der Waals surface area contributed by atoms with Gasteiger partial charge in [0.15, 0.2) is 6.61 Å². The summed E-state index contributed by atoms with van der Waals surface area (Å²) in [4.78, 5) is 17.1. The molecule has 1 atom stereocenters. The molecule has 3 aromatic rings. The molecule has 0 aromatic heterocycles. The van der Waals surface area contributed by atoms with Crippen LogP contribution in [0.2, 0.25) is 0 Å². The van der Waals surface area contributed by atoms with Gasteiger partial charge in [-0.1, -0.05) is 36.4 Å². The molecule has 0 saturated heterocycles. The van der Waals surface area contributed by atoms with E-state index in [2.05, 4.69) is 63.6 Å². The van der Waals surface area contributed by atoms with Gasteiger partial charge in [0.05, 0.1) is 13.2 Å². The minimum atomic E-state index is -0.153. The maximum Gasteiger partial charge on any atom is 0.258 e. The van der Waals surface area contributed by atoms with E-state index in [0.29, 0.717) is 18.0 Å². The summed E-state index contributed by atoms with van der Waals surface area (Å²) in [5.41, 5.74) is 4.91. The summed E-state index contributed by atoms with van der Waals surface area (Å²) in [6.07, 6.45) is 1.01. The zero-order valence-corrected chi connectivity index (χ0v) is 19.5. The van der Waals surface area contributed by atoms with Crippen LogP contribution in [-0.4, -0.2) is 46.8 Å². The van der Waals surface area contributed by atoms with E-state index < -0.39 is 0 Å². The monoisotopic (exact) mass is 445 g/mol. The molecule has 0 spiro atoms. The van der Waals surface area contributed by atoms with Gasteiger partial charge < -0.3 is 24.6 Å². The zero-order valence-electron chi connectivity index (χ0n) is 19.5. The van der Waals surface area contributed by atoms with Crippen molar-refractivity contribution in [3.05, 3.63) is 83.9 Å². The lowest BCUT2D eigenvalue weighted by molar-refractivity contribution is -0.123. The number of amides is 1. The van der Waals surface area contributed by atoms with Crippen molar-refractivity contribution in [2.24, 2.45) is 0 Å². The van der Waals surface area contributed by atoms with Gasteiger partial charge in [0, 0.05) is 44.6 Å². The molecule has 0 unspecified atom stereocenters. The van der Waals surface area contributed by atoms with Crippen LogP contribution in [0.5, 0.6) is 11.5 Å². The van der Waals surface area contributed by atoms with Gasteiger partial charge in [-0.3, -0.25) is 4.79 Å². The predicted octanol–water partition coefficient (Wildman–Crippen LogP) is 4.06. The molecule has 6 nitrogen and oxygen atoms in total. The van der Waals surface area contributed by atoms with Crippen molar-refractivity contribution in [3.8, 4) is 11.5 Å². The Hall–Kier alpha value is -3.67. The number of methoxy groups -OCH3 is 1. The van der Waals surface area contributed by atoms with E-state index in [0.717, 1.165) is 18.7 Å². The van der Waals surface area contributed by atoms with Gasteiger partial charge in [-0.25, -0.2) is 0 Å². The Morgan fingerprint density at radius 3 is 2.55 bits per heavy atom. The van der Waals surface area contributed by atoms with Gasteiger partial charge in [-0.15, -0.1) is 0 Å². The molecule has 1 amide bonds. The second-order valence-corrected chi connectivity index (χ2v) is 8.35. The van der Waals surface area contributed by atoms with Crippen LogP contribution in [0.1, 0.15) is 17.2 Å². The molecule has 33 heavy (non-hydrogen) atoms. The third kappa shape index (κ3) is 5.40. The number of anilines is 2. The fourth-order valence-electron chi connectivity index (χ4n) is 4.19. The maximum atomic E-state index is 12.6. The smallest absolute Gasteiger partial charge is 0.258 e. The Kier molecular flexibility index (Phi) is 7.03. The molecule has 0 radical (unpaired) electrons. The molecule has 1 aliphatic rings.